The van der Waals surface area contributed by atoms with Gasteiger partial charge < -0.3 is 0 Å². The third-order valence-corrected chi connectivity index (χ3v) is 3.80. The average Bonchev–Trinajstić information content (AvgIpc) is 2.55. The fraction of sp³-hybridized carbons (Fsp3) is 0.571. The molecule has 0 aliphatic carbocycles. The molecule has 0 amide bonds. The number of alkyl halides is 1. The molecule has 0 N–H and O–H groups in total. The lowest BCUT2D eigenvalue weighted by Gasteiger charge is -2.08. The average molecular weight is 262 g/mol. The van der Waals surface area contributed by atoms with Crippen molar-refractivity contribution in [3.8, 4) is 0 Å². The van der Waals surface area contributed by atoms with E-state index in [1.165, 1.54) is 0 Å². The first-order valence-corrected chi connectivity index (χ1v) is 5.99. The minimum atomic E-state index is -0.0144. The summed E-state index contributed by atoms with van der Waals surface area (Å²) in [5, 5.41) is 9.30. The normalized spacial score (nSPS) is 20.3. The summed E-state index contributed by atoms with van der Waals surface area (Å²) in [7, 11) is 0. The molecule has 2 heterocycles. The molecule has 13 heavy (non-hydrogen) atoms. The van der Waals surface area contributed by atoms with Crippen LogP contribution in [0, 0.1) is 6.92 Å². The van der Waals surface area contributed by atoms with Crippen LogP contribution in [-0.2, 0) is 0 Å². The Kier molecular flexibility index (Phi) is 2.42. The van der Waals surface area contributed by atoms with Crippen molar-refractivity contribution in [2.24, 2.45) is 0 Å². The van der Waals surface area contributed by atoms with Crippen molar-refractivity contribution in [2.45, 2.75) is 18.1 Å². The van der Waals surface area contributed by atoms with Crippen LogP contribution in [-0.4, -0.2) is 25.8 Å². The molecule has 0 fully saturated rings. The van der Waals surface area contributed by atoms with Crippen LogP contribution in [0.15, 0.2) is 9.95 Å². The molecule has 2 rings (SSSR count). The lowest BCUT2D eigenvalue weighted by atomic mass is 10.4. The van der Waals surface area contributed by atoms with Gasteiger partial charge in [0.2, 0.25) is 0 Å². The molecule has 1 aliphatic heterocycles. The van der Waals surface area contributed by atoms with E-state index in [2.05, 4.69) is 26.1 Å². The van der Waals surface area contributed by atoms with Crippen molar-refractivity contribution in [2.75, 3.05) is 11.1 Å². The molecule has 0 aromatic carbocycles. The molecule has 1 unspecified atom stereocenters. The van der Waals surface area contributed by atoms with Crippen LogP contribution in [0.1, 0.15) is 11.7 Å². The molecular formula is C7H8BrN3OS. The highest BCUT2D eigenvalue weighted by molar-refractivity contribution is 9.09. The second kappa shape index (κ2) is 3.42. The van der Waals surface area contributed by atoms with E-state index in [0.29, 0.717) is 5.69 Å². The zero-order chi connectivity index (χ0) is 9.42. The van der Waals surface area contributed by atoms with Crippen molar-refractivity contribution < 1.29 is 0 Å². The first kappa shape index (κ1) is 9.21. The number of hydrogen-bond acceptors (Lipinski definition) is 4. The quantitative estimate of drug-likeness (QED) is 0.708. The van der Waals surface area contributed by atoms with Gasteiger partial charge in [-0.1, -0.05) is 27.7 Å². The van der Waals surface area contributed by atoms with Gasteiger partial charge in [0.15, 0.2) is 5.16 Å². The zero-order valence-electron chi connectivity index (χ0n) is 7.03. The van der Waals surface area contributed by atoms with Crippen molar-refractivity contribution in [1.82, 2.24) is 14.8 Å². The highest BCUT2D eigenvalue weighted by Crippen LogP contribution is 2.30. The third kappa shape index (κ3) is 1.42. The van der Waals surface area contributed by atoms with Gasteiger partial charge >= 0.3 is 0 Å². The Morgan fingerprint density at radius 3 is 3.15 bits per heavy atom. The SMILES string of the molecule is Cc1nnc2n(c1=O)C(CBr)CS2. The van der Waals surface area contributed by atoms with Gasteiger partial charge in [0.1, 0.15) is 5.69 Å². The Morgan fingerprint density at radius 2 is 2.46 bits per heavy atom. The molecule has 70 valence electrons. The molecular weight excluding hydrogens is 254 g/mol. The van der Waals surface area contributed by atoms with Gasteiger partial charge in [-0.3, -0.25) is 9.36 Å². The highest BCUT2D eigenvalue weighted by Gasteiger charge is 2.25. The van der Waals surface area contributed by atoms with E-state index < -0.39 is 0 Å². The van der Waals surface area contributed by atoms with E-state index in [0.717, 1.165) is 16.2 Å². The van der Waals surface area contributed by atoms with Gasteiger partial charge in [0.25, 0.3) is 5.56 Å². The fourth-order valence-corrected chi connectivity index (χ4v) is 3.15. The summed E-state index contributed by atoms with van der Waals surface area (Å²) < 4.78 is 1.72. The van der Waals surface area contributed by atoms with E-state index in [1.54, 1.807) is 23.3 Å². The van der Waals surface area contributed by atoms with Crippen molar-refractivity contribution in [1.29, 1.82) is 0 Å². The molecule has 0 bridgehead atoms. The Hall–Kier alpha value is -0.360. The van der Waals surface area contributed by atoms with Crippen LogP contribution < -0.4 is 5.56 Å². The Bertz CT molecular complexity index is 392. The largest absolute Gasteiger partial charge is 0.280 e. The van der Waals surface area contributed by atoms with Gasteiger partial charge in [-0.2, -0.15) is 0 Å². The van der Waals surface area contributed by atoms with Crippen LogP contribution in [0.5, 0.6) is 0 Å². The van der Waals surface area contributed by atoms with E-state index in [1.807, 2.05) is 0 Å². The van der Waals surface area contributed by atoms with E-state index in [-0.39, 0.29) is 11.6 Å². The molecule has 0 spiro atoms. The molecule has 4 nitrogen and oxygen atoms in total. The Balaban J connectivity index is 2.61. The lowest BCUT2D eigenvalue weighted by molar-refractivity contribution is 0.528. The molecule has 0 saturated carbocycles. The number of aromatic nitrogens is 3. The predicted molar refractivity (Wildman–Crippen MR) is 54.6 cm³/mol. The maximum atomic E-state index is 11.7. The van der Waals surface area contributed by atoms with Crippen LogP contribution >= 0.6 is 27.7 Å². The standard InChI is InChI=1S/C7H8BrN3OS/c1-4-6(12)11-5(2-8)3-13-7(11)10-9-4/h5H,2-3H2,1H3. The number of hydrogen-bond donors (Lipinski definition) is 0. The van der Waals surface area contributed by atoms with Crippen LogP contribution in [0.4, 0.5) is 0 Å². The monoisotopic (exact) mass is 261 g/mol. The summed E-state index contributed by atoms with van der Waals surface area (Å²) in [6.45, 7) is 1.69. The summed E-state index contributed by atoms with van der Waals surface area (Å²) in [5.74, 6) is 0.901. The number of nitrogens with zero attached hydrogens (tertiary/aromatic N) is 3. The second-order valence-corrected chi connectivity index (χ2v) is 4.50. The van der Waals surface area contributed by atoms with Gasteiger partial charge in [0.05, 0.1) is 6.04 Å². The number of aryl methyl sites for hydroxylation is 1. The number of halogens is 1. The minimum Gasteiger partial charge on any atom is -0.280 e. The predicted octanol–water partition coefficient (Wildman–Crippen LogP) is 0.988. The zero-order valence-corrected chi connectivity index (χ0v) is 9.43. The van der Waals surface area contributed by atoms with Gasteiger partial charge in [0, 0.05) is 11.1 Å². The van der Waals surface area contributed by atoms with Crippen LogP contribution in [0.25, 0.3) is 0 Å². The van der Waals surface area contributed by atoms with Gasteiger partial charge in [-0.25, -0.2) is 0 Å². The molecule has 1 aromatic rings. The summed E-state index contributed by atoms with van der Waals surface area (Å²) >= 11 is 4.97. The van der Waals surface area contributed by atoms with Crippen molar-refractivity contribution in [3.05, 3.63) is 16.0 Å². The summed E-state index contributed by atoms with van der Waals surface area (Å²) in [4.78, 5) is 11.7. The summed E-state index contributed by atoms with van der Waals surface area (Å²) in [6, 6.07) is 0.224. The fourth-order valence-electron chi connectivity index (χ4n) is 1.25. The van der Waals surface area contributed by atoms with Gasteiger partial charge in [-0.05, 0) is 6.92 Å². The first-order chi connectivity index (χ1) is 6.24. The van der Waals surface area contributed by atoms with E-state index >= 15 is 0 Å². The second-order valence-electron chi connectivity index (χ2n) is 2.86. The Labute approximate surface area is 87.9 Å². The van der Waals surface area contributed by atoms with Crippen LogP contribution in [0.2, 0.25) is 0 Å². The van der Waals surface area contributed by atoms with Crippen molar-refractivity contribution >= 4 is 27.7 Å². The van der Waals surface area contributed by atoms with Crippen LogP contribution in [0.3, 0.4) is 0 Å². The number of thioether (sulfide) groups is 1. The molecule has 6 heteroatoms. The topological polar surface area (TPSA) is 47.8 Å². The van der Waals surface area contributed by atoms with Gasteiger partial charge in [-0.15, -0.1) is 10.2 Å². The highest BCUT2D eigenvalue weighted by atomic mass is 79.9. The smallest absolute Gasteiger partial charge is 0.276 e. The number of fused-ring (bicyclic) bond motifs is 1. The molecule has 1 aliphatic rings. The first-order valence-electron chi connectivity index (χ1n) is 3.88. The third-order valence-electron chi connectivity index (χ3n) is 1.97. The molecule has 0 saturated heterocycles. The molecule has 1 aromatic heterocycles. The van der Waals surface area contributed by atoms with E-state index in [9.17, 15) is 4.79 Å². The Morgan fingerprint density at radius 1 is 1.69 bits per heavy atom. The minimum absolute atomic E-state index is 0.0144. The molecule has 0 radical (unpaired) electrons. The summed E-state index contributed by atoms with van der Waals surface area (Å²) in [6.07, 6.45) is 0. The number of rotatable bonds is 1. The van der Waals surface area contributed by atoms with E-state index in [4.69, 9.17) is 0 Å². The maximum absolute atomic E-state index is 11.7. The lowest BCUT2D eigenvalue weighted by Crippen LogP contribution is -2.28. The summed E-state index contributed by atoms with van der Waals surface area (Å²) in [5.41, 5.74) is 0.455. The van der Waals surface area contributed by atoms with Crippen molar-refractivity contribution in [3.63, 3.8) is 0 Å². The molecule has 1 atom stereocenters. The maximum Gasteiger partial charge on any atom is 0.276 e.